The van der Waals surface area contributed by atoms with Crippen LogP contribution < -0.4 is 0 Å². The molecule has 72 valence electrons. The second-order valence-electron chi connectivity index (χ2n) is 2.40. The van der Waals surface area contributed by atoms with Crippen LogP contribution in [0.5, 0.6) is 0 Å². The van der Waals surface area contributed by atoms with Crippen LogP contribution in [0.1, 0.15) is 16.9 Å². The first kappa shape index (κ1) is 10.3. The largest absolute Gasteiger partial charge is 0.355 e. The molecule has 0 N–H and O–H groups in total. The van der Waals surface area contributed by atoms with Crippen molar-refractivity contribution in [2.75, 3.05) is 14.2 Å². The third-order valence-corrected chi connectivity index (χ3v) is 2.18. The maximum absolute atomic E-state index is 11.4. The van der Waals surface area contributed by atoms with Gasteiger partial charge in [-0.1, -0.05) is 0 Å². The van der Waals surface area contributed by atoms with Crippen LogP contribution in [-0.2, 0) is 9.47 Å². The number of nitrogens with zero attached hydrogens (tertiary/aromatic N) is 1. The van der Waals surface area contributed by atoms with E-state index in [0.717, 1.165) is 0 Å². The van der Waals surface area contributed by atoms with Crippen molar-refractivity contribution < 1.29 is 14.3 Å². The van der Waals surface area contributed by atoms with Crippen molar-refractivity contribution in [2.24, 2.45) is 0 Å². The van der Waals surface area contributed by atoms with Crippen LogP contribution >= 0.6 is 11.3 Å². The number of aromatic nitrogens is 1. The van der Waals surface area contributed by atoms with Gasteiger partial charge in [0.2, 0.25) is 0 Å². The summed E-state index contributed by atoms with van der Waals surface area (Å²) in [6.07, 6.45) is -0.273. The monoisotopic (exact) mass is 201 g/mol. The summed E-state index contributed by atoms with van der Waals surface area (Å²) in [5, 5.41) is 1.71. The number of ether oxygens (including phenoxy) is 2. The number of hydrogen-bond acceptors (Lipinski definition) is 5. The Balaban J connectivity index is 2.50. The molecule has 5 heteroatoms. The molecule has 0 aliphatic carbocycles. The molecule has 0 spiro atoms. The van der Waals surface area contributed by atoms with Gasteiger partial charge < -0.3 is 9.47 Å². The van der Waals surface area contributed by atoms with E-state index in [1.165, 1.54) is 25.6 Å². The molecule has 1 aromatic heterocycles. The fourth-order valence-electron chi connectivity index (χ4n) is 0.869. The highest BCUT2D eigenvalue weighted by molar-refractivity contribution is 7.07. The van der Waals surface area contributed by atoms with E-state index in [9.17, 15) is 4.79 Å². The molecule has 0 unspecified atom stereocenters. The van der Waals surface area contributed by atoms with Gasteiger partial charge in [-0.25, -0.2) is 4.98 Å². The molecule has 4 nitrogen and oxygen atoms in total. The van der Waals surface area contributed by atoms with E-state index < -0.39 is 6.29 Å². The Bertz CT molecular complexity index is 256. The summed E-state index contributed by atoms with van der Waals surface area (Å²) in [5.41, 5.74) is 2.10. The highest BCUT2D eigenvalue weighted by atomic mass is 32.1. The van der Waals surface area contributed by atoms with Gasteiger partial charge in [0, 0.05) is 19.6 Å². The van der Waals surface area contributed by atoms with E-state index >= 15 is 0 Å². The van der Waals surface area contributed by atoms with Crippen molar-refractivity contribution in [1.82, 2.24) is 4.98 Å². The molecule has 0 bridgehead atoms. The lowest BCUT2D eigenvalue weighted by Gasteiger charge is -2.10. The predicted octanol–water partition coefficient (Wildman–Crippen LogP) is 1.33. The van der Waals surface area contributed by atoms with E-state index in [0.29, 0.717) is 5.69 Å². The van der Waals surface area contributed by atoms with Crippen LogP contribution in [0.2, 0.25) is 0 Å². The Kier molecular flexibility index (Phi) is 4.01. The fourth-order valence-corrected chi connectivity index (χ4v) is 1.43. The van der Waals surface area contributed by atoms with Crippen molar-refractivity contribution in [1.29, 1.82) is 0 Å². The SMILES string of the molecule is COC(CC(=O)c1cscn1)OC. The molecule has 0 saturated carbocycles. The molecule has 0 amide bonds. The second-order valence-corrected chi connectivity index (χ2v) is 3.12. The zero-order valence-corrected chi connectivity index (χ0v) is 8.34. The first-order valence-corrected chi connectivity index (χ1v) is 4.69. The summed E-state index contributed by atoms with van der Waals surface area (Å²) >= 11 is 1.40. The molecule has 1 aromatic rings. The molecule has 1 heterocycles. The zero-order chi connectivity index (χ0) is 9.68. The van der Waals surface area contributed by atoms with Crippen LogP contribution in [0.15, 0.2) is 10.9 Å². The van der Waals surface area contributed by atoms with Gasteiger partial charge in [-0.3, -0.25) is 4.79 Å². The summed E-state index contributed by atoms with van der Waals surface area (Å²) in [6.45, 7) is 0. The summed E-state index contributed by atoms with van der Waals surface area (Å²) in [6, 6.07) is 0. The highest BCUT2D eigenvalue weighted by Gasteiger charge is 2.14. The number of thiazole rings is 1. The first-order valence-electron chi connectivity index (χ1n) is 3.75. The Morgan fingerprint density at radius 1 is 1.62 bits per heavy atom. The van der Waals surface area contributed by atoms with Crippen LogP contribution in [0.4, 0.5) is 0 Å². The minimum Gasteiger partial charge on any atom is -0.355 e. The molecular formula is C8H11NO3S. The third kappa shape index (κ3) is 2.87. The van der Waals surface area contributed by atoms with E-state index in [-0.39, 0.29) is 12.2 Å². The maximum atomic E-state index is 11.4. The fraction of sp³-hybridized carbons (Fsp3) is 0.500. The number of carbonyl (C=O) groups is 1. The van der Waals surface area contributed by atoms with Gasteiger partial charge >= 0.3 is 0 Å². The maximum Gasteiger partial charge on any atom is 0.187 e. The molecule has 0 aromatic carbocycles. The van der Waals surface area contributed by atoms with Crippen molar-refractivity contribution in [2.45, 2.75) is 12.7 Å². The lowest BCUT2D eigenvalue weighted by molar-refractivity contribution is -0.0993. The van der Waals surface area contributed by atoms with Gasteiger partial charge in [0.15, 0.2) is 12.1 Å². The van der Waals surface area contributed by atoms with Crippen molar-refractivity contribution in [3.05, 3.63) is 16.6 Å². The van der Waals surface area contributed by atoms with Gasteiger partial charge in [0.05, 0.1) is 11.9 Å². The highest BCUT2D eigenvalue weighted by Crippen LogP contribution is 2.08. The average molecular weight is 201 g/mol. The van der Waals surface area contributed by atoms with Crippen LogP contribution in [0, 0.1) is 0 Å². The lowest BCUT2D eigenvalue weighted by atomic mass is 10.2. The van der Waals surface area contributed by atoms with E-state index in [1.54, 1.807) is 10.9 Å². The first-order chi connectivity index (χ1) is 6.27. The number of rotatable bonds is 5. The smallest absolute Gasteiger partial charge is 0.187 e. The van der Waals surface area contributed by atoms with Crippen molar-refractivity contribution in [3.8, 4) is 0 Å². The number of hydrogen-bond donors (Lipinski definition) is 0. The molecule has 0 aliphatic heterocycles. The quantitative estimate of drug-likeness (QED) is 0.532. The molecule has 0 radical (unpaired) electrons. The molecular weight excluding hydrogens is 190 g/mol. The van der Waals surface area contributed by atoms with Gasteiger partial charge in [-0.15, -0.1) is 11.3 Å². The summed E-state index contributed by atoms with van der Waals surface area (Å²) < 4.78 is 9.80. The van der Waals surface area contributed by atoms with Crippen molar-refractivity contribution >= 4 is 17.1 Å². The predicted molar refractivity (Wildman–Crippen MR) is 48.9 cm³/mol. The molecule has 13 heavy (non-hydrogen) atoms. The van der Waals surface area contributed by atoms with Gasteiger partial charge in [-0.2, -0.15) is 0 Å². The zero-order valence-electron chi connectivity index (χ0n) is 7.52. The van der Waals surface area contributed by atoms with E-state index in [1.807, 2.05) is 0 Å². The summed E-state index contributed by atoms with van der Waals surface area (Å²) in [4.78, 5) is 15.3. The van der Waals surface area contributed by atoms with Crippen molar-refractivity contribution in [3.63, 3.8) is 0 Å². The number of Topliss-reactive ketones (excluding diaryl/α,β-unsaturated/α-hetero) is 1. The van der Waals surface area contributed by atoms with Gasteiger partial charge in [0.25, 0.3) is 0 Å². The minimum absolute atomic E-state index is 0.0602. The van der Waals surface area contributed by atoms with E-state index in [4.69, 9.17) is 9.47 Å². The molecule has 0 atom stereocenters. The normalized spacial score (nSPS) is 10.7. The Morgan fingerprint density at radius 3 is 2.77 bits per heavy atom. The molecule has 0 saturated heterocycles. The Hall–Kier alpha value is -0.780. The van der Waals surface area contributed by atoms with Crippen LogP contribution in [-0.4, -0.2) is 31.3 Å². The van der Waals surface area contributed by atoms with Gasteiger partial charge in [0.1, 0.15) is 5.69 Å². The number of methoxy groups -OCH3 is 2. The number of ketones is 1. The molecule has 0 aliphatic rings. The minimum atomic E-state index is -0.478. The Morgan fingerprint density at radius 2 is 2.31 bits per heavy atom. The Labute approximate surface area is 80.5 Å². The summed E-state index contributed by atoms with van der Waals surface area (Å²) in [5.74, 6) is -0.0602. The lowest BCUT2D eigenvalue weighted by Crippen LogP contribution is -2.18. The summed E-state index contributed by atoms with van der Waals surface area (Å²) in [7, 11) is 3.00. The third-order valence-electron chi connectivity index (χ3n) is 1.60. The van der Waals surface area contributed by atoms with E-state index in [2.05, 4.69) is 4.98 Å². The number of carbonyl (C=O) groups excluding carboxylic acids is 1. The average Bonchev–Trinajstić information content (AvgIpc) is 2.66. The standard InChI is InChI=1S/C8H11NO3S/c1-11-8(12-2)3-7(10)6-4-13-5-9-6/h4-5,8H,3H2,1-2H3. The van der Waals surface area contributed by atoms with Gasteiger partial charge in [-0.05, 0) is 0 Å². The van der Waals surface area contributed by atoms with Crippen LogP contribution in [0.25, 0.3) is 0 Å². The van der Waals surface area contributed by atoms with Crippen LogP contribution in [0.3, 0.4) is 0 Å². The topological polar surface area (TPSA) is 48.4 Å². The molecule has 1 rings (SSSR count). The molecule has 0 fully saturated rings. The second kappa shape index (κ2) is 5.06.